The molecule has 0 fully saturated rings. The standard InChI is InChI=1S/C17H21ClFN3O/c1-10-13(16(22-21-10)17(2,3)4)8-15(23)20-9-11-5-6-12(19)7-14(11)18/h5-7H,8-9H2,1-4H3,(H,20,23)(H,21,22). The second kappa shape index (κ2) is 6.71. The van der Waals surface area contributed by atoms with Crippen LogP contribution >= 0.6 is 11.6 Å². The van der Waals surface area contributed by atoms with Gasteiger partial charge in [-0.3, -0.25) is 9.89 Å². The molecule has 0 aliphatic heterocycles. The number of benzene rings is 1. The molecule has 1 aromatic heterocycles. The van der Waals surface area contributed by atoms with E-state index >= 15 is 0 Å². The van der Waals surface area contributed by atoms with E-state index in [4.69, 9.17) is 11.6 Å². The summed E-state index contributed by atoms with van der Waals surface area (Å²) in [6.07, 6.45) is 0.244. The number of carbonyl (C=O) groups excluding carboxylic acids is 1. The fraction of sp³-hybridized carbons (Fsp3) is 0.412. The number of hydrogen-bond acceptors (Lipinski definition) is 2. The van der Waals surface area contributed by atoms with E-state index in [2.05, 4.69) is 36.3 Å². The van der Waals surface area contributed by atoms with Crippen molar-refractivity contribution in [1.29, 1.82) is 0 Å². The van der Waals surface area contributed by atoms with Crippen molar-refractivity contribution in [3.05, 3.63) is 51.6 Å². The van der Waals surface area contributed by atoms with Crippen molar-refractivity contribution in [2.75, 3.05) is 0 Å². The molecule has 0 aliphatic rings. The molecular weight excluding hydrogens is 317 g/mol. The van der Waals surface area contributed by atoms with Crippen molar-refractivity contribution in [3.8, 4) is 0 Å². The van der Waals surface area contributed by atoms with E-state index in [1.165, 1.54) is 12.1 Å². The van der Waals surface area contributed by atoms with Gasteiger partial charge in [-0.2, -0.15) is 5.10 Å². The maximum absolute atomic E-state index is 13.0. The molecule has 0 saturated heterocycles. The predicted molar refractivity (Wildman–Crippen MR) is 89.0 cm³/mol. The molecule has 124 valence electrons. The zero-order chi connectivity index (χ0) is 17.2. The molecule has 0 radical (unpaired) electrons. The van der Waals surface area contributed by atoms with Crippen LogP contribution in [0.15, 0.2) is 18.2 Å². The van der Waals surface area contributed by atoms with E-state index in [9.17, 15) is 9.18 Å². The molecule has 1 heterocycles. The summed E-state index contributed by atoms with van der Waals surface area (Å²) in [5, 5.41) is 10.4. The minimum atomic E-state index is -0.395. The summed E-state index contributed by atoms with van der Waals surface area (Å²) in [5.41, 5.74) is 3.25. The monoisotopic (exact) mass is 337 g/mol. The summed E-state index contributed by atoms with van der Waals surface area (Å²) in [6.45, 7) is 8.34. The summed E-state index contributed by atoms with van der Waals surface area (Å²) in [6, 6.07) is 4.13. The van der Waals surface area contributed by atoms with Crippen LogP contribution in [0, 0.1) is 12.7 Å². The number of halogens is 2. The van der Waals surface area contributed by atoms with Gasteiger partial charge in [0.15, 0.2) is 0 Å². The van der Waals surface area contributed by atoms with Crippen LogP contribution in [0.5, 0.6) is 0 Å². The first-order valence-electron chi connectivity index (χ1n) is 7.43. The highest BCUT2D eigenvalue weighted by Crippen LogP contribution is 2.26. The van der Waals surface area contributed by atoms with Crippen molar-refractivity contribution < 1.29 is 9.18 Å². The van der Waals surface area contributed by atoms with Crippen molar-refractivity contribution in [2.45, 2.75) is 46.1 Å². The molecule has 6 heteroatoms. The van der Waals surface area contributed by atoms with Gasteiger partial charge >= 0.3 is 0 Å². The third-order valence-corrected chi connectivity index (χ3v) is 3.96. The molecule has 0 saturated carbocycles. The Morgan fingerprint density at radius 2 is 2.09 bits per heavy atom. The van der Waals surface area contributed by atoms with Crippen LogP contribution in [-0.4, -0.2) is 16.1 Å². The van der Waals surface area contributed by atoms with Gasteiger partial charge < -0.3 is 5.32 Å². The van der Waals surface area contributed by atoms with E-state index in [1.807, 2.05) is 6.92 Å². The van der Waals surface area contributed by atoms with Gasteiger partial charge in [0.2, 0.25) is 5.91 Å². The van der Waals surface area contributed by atoms with E-state index in [-0.39, 0.29) is 24.3 Å². The lowest BCUT2D eigenvalue weighted by Gasteiger charge is -2.17. The number of amides is 1. The van der Waals surface area contributed by atoms with Crippen LogP contribution < -0.4 is 5.32 Å². The third-order valence-electron chi connectivity index (χ3n) is 3.61. The highest BCUT2D eigenvalue weighted by atomic mass is 35.5. The fourth-order valence-electron chi connectivity index (χ4n) is 2.37. The third kappa shape index (κ3) is 4.32. The summed E-state index contributed by atoms with van der Waals surface area (Å²) in [7, 11) is 0. The molecule has 0 unspecified atom stereocenters. The van der Waals surface area contributed by atoms with Gasteiger partial charge in [-0.1, -0.05) is 38.4 Å². The molecule has 1 aromatic carbocycles. The Morgan fingerprint density at radius 3 is 2.70 bits per heavy atom. The average Bonchev–Trinajstić information content (AvgIpc) is 2.79. The van der Waals surface area contributed by atoms with Crippen LogP contribution in [0.4, 0.5) is 4.39 Å². The Hall–Kier alpha value is -1.88. The lowest BCUT2D eigenvalue weighted by Crippen LogP contribution is -2.26. The molecule has 2 N–H and O–H groups in total. The van der Waals surface area contributed by atoms with Crippen molar-refractivity contribution in [3.63, 3.8) is 0 Å². The van der Waals surface area contributed by atoms with Crippen molar-refractivity contribution in [2.24, 2.45) is 0 Å². The molecule has 0 aliphatic carbocycles. The normalized spacial score (nSPS) is 11.6. The molecule has 2 aromatic rings. The number of nitrogens with one attached hydrogen (secondary N) is 2. The zero-order valence-electron chi connectivity index (χ0n) is 13.8. The van der Waals surface area contributed by atoms with E-state index in [0.717, 1.165) is 17.0 Å². The average molecular weight is 338 g/mol. The second-order valence-corrected chi connectivity index (χ2v) is 7.02. The highest BCUT2D eigenvalue weighted by Gasteiger charge is 2.24. The van der Waals surface area contributed by atoms with Gasteiger partial charge in [0.1, 0.15) is 5.82 Å². The summed E-state index contributed by atoms with van der Waals surface area (Å²) in [5.74, 6) is -0.519. The Labute approximate surface area is 140 Å². The second-order valence-electron chi connectivity index (χ2n) is 6.62. The number of H-pyrrole nitrogens is 1. The first-order valence-corrected chi connectivity index (χ1v) is 7.81. The molecular formula is C17H21ClFN3O. The Bertz CT molecular complexity index is 719. The lowest BCUT2D eigenvalue weighted by atomic mass is 9.88. The topological polar surface area (TPSA) is 57.8 Å². The number of rotatable bonds is 4. The summed E-state index contributed by atoms with van der Waals surface area (Å²) >= 11 is 5.96. The molecule has 23 heavy (non-hydrogen) atoms. The smallest absolute Gasteiger partial charge is 0.224 e. The van der Waals surface area contributed by atoms with E-state index in [0.29, 0.717) is 10.6 Å². The number of aromatic amines is 1. The predicted octanol–water partition coefficient (Wildman–Crippen LogP) is 3.67. The van der Waals surface area contributed by atoms with Gasteiger partial charge in [-0.25, -0.2) is 4.39 Å². The Morgan fingerprint density at radius 1 is 1.39 bits per heavy atom. The maximum Gasteiger partial charge on any atom is 0.224 e. The molecule has 0 spiro atoms. The number of carbonyl (C=O) groups is 1. The van der Waals surface area contributed by atoms with Gasteiger partial charge in [-0.05, 0) is 24.6 Å². The van der Waals surface area contributed by atoms with Gasteiger partial charge in [0.05, 0.1) is 12.1 Å². The van der Waals surface area contributed by atoms with Crippen LogP contribution in [0.25, 0.3) is 0 Å². The summed E-state index contributed by atoms with van der Waals surface area (Å²) < 4.78 is 13.0. The number of aromatic nitrogens is 2. The molecule has 4 nitrogen and oxygen atoms in total. The number of aryl methyl sites for hydroxylation is 1. The van der Waals surface area contributed by atoms with Crippen LogP contribution in [0.1, 0.15) is 43.3 Å². The maximum atomic E-state index is 13.0. The molecule has 2 rings (SSSR count). The van der Waals surface area contributed by atoms with E-state index in [1.54, 1.807) is 6.07 Å². The van der Waals surface area contributed by atoms with Gasteiger partial charge in [-0.15, -0.1) is 0 Å². The number of hydrogen-bond donors (Lipinski definition) is 2. The Balaban J connectivity index is 2.05. The highest BCUT2D eigenvalue weighted by molar-refractivity contribution is 6.31. The quantitative estimate of drug-likeness (QED) is 0.894. The van der Waals surface area contributed by atoms with Gasteiger partial charge in [0, 0.05) is 28.2 Å². The molecule has 0 bridgehead atoms. The molecule has 0 atom stereocenters. The first kappa shape index (κ1) is 17.5. The minimum absolute atomic E-state index is 0.125. The first-order chi connectivity index (χ1) is 10.7. The zero-order valence-corrected chi connectivity index (χ0v) is 14.5. The minimum Gasteiger partial charge on any atom is -0.352 e. The molecule has 1 amide bonds. The van der Waals surface area contributed by atoms with Crippen LogP contribution in [0.2, 0.25) is 5.02 Å². The SMILES string of the molecule is Cc1[nH]nc(C(C)(C)C)c1CC(=O)NCc1ccc(F)cc1Cl. The fourth-order valence-corrected chi connectivity index (χ4v) is 2.60. The van der Waals surface area contributed by atoms with Crippen LogP contribution in [0.3, 0.4) is 0 Å². The van der Waals surface area contributed by atoms with Crippen LogP contribution in [-0.2, 0) is 23.2 Å². The van der Waals surface area contributed by atoms with Gasteiger partial charge in [0.25, 0.3) is 0 Å². The lowest BCUT2D eigenvalue weighted by molar-refractivity contribution is -0.120. The largest absolute Gasteiger partial charge is 0.352 e. The summed E-state index contributed by atoms with van der Waals surface area (Å²) in [4.78, 5) is 12.2. The number of nitrogens with zero attached hydrogens (tertiary/aromatic N) is 1. The van der Waals surface area contributed by atoms with Crippen molar-refractivity contribution >= 4 is 17.5 Å². The Kier molecular flexibility index (Phi) is 5.09. The van der Waals surface area contributed by atoms with Crippen molar-refractivity contribution in [1.82, 2.24) is 15.5 Å². The van der Waals surface area contributed by atoms with E-state index < -0.39 is 5.82 Å².